The molecule has 0 N–H and O–H groups in total. The summed E-state index contributed by atoms with van der Waals surface area (Å²) in [4.78, 5) is 4.91. The van der Waals surface area contributed by atoms with Crippen LogP contribution in [0, 0.1) is 10.7 Å². The summed E-state index contributed by atoms with van der Waals surface area (Å²) in [6.45, 7) is 1.76. The van der Waals surface area contributed by atoms with Gasteiger partial charge in [0.15, 0.2) is 0 Å². The second kappa shape index (κ2) is 12.1. The van der Waals surface area contributed by atoms with E-state index in [0.717, 1.165) is 51.3 Å². The van der Waals surface area contributed by atoms with Crippen LogP contribution >= 0.6 is 0 Å². The second-order valence-electron chi connectivity index (χ2n) is 14.4. The molecular formula is C45H40N4OPt. The number of hydrogen-bond donors (Lipinski definition) is 0. The van der Waals surface area contributed by atoms with Crippen molar-refractivity contribution in [3.05, 3.63) is 148 Å². The van der Waals surface area contributed by atoms with E-state index in [1.807, 2.05) is 83.4 Å². The van der Waals surface area contributed by atoms with Crippen LogP contribution in [0.15, 0.2) is 121 Å². The van der Waals surface area contributed by atoms with Crippen molar-refractivity contribution in [3.63, 3.8) is 0 Å². The van der Waals surface area contributed by atoms with E-state index in [4.69, 9.17) is 17.9 Å². The first-order chi connectivity index (χ1) is 27.1. The topological polar surface area (TPSA) is 36.9 Å². The van der Waals surface area contributed by atoms with Gasteiger partial charge in [0.25, 0.3) is 0 Å². The van der Waals surface area contributed by atoms with E-state index in [-0.39, 0.29) is 17.0 Å². The molecule has 5 aromatic carbocycles. The predicted molar refractivity (Wildman–Crippen MR) is 205 cm³/mol. The van der Waals surface area contributed by atoms with E-state index in [9.17, 15) is 0 Å². The fourth-order valence-electron chi connectivity index (χ4n) is 7.67. The van der Waals surface area contributed by atoms with E-state index in [2.05, 4.69) is 75.0 Å². The maximum absolute atomic E-state index is 8.56. The normalized spacial score (nSPS) is 16.8. The van der Waals surface area contributed by atoms with E-state index in [1.54, 1.807) is 12.3 Å². The van der Waals surface area contributed by atoms with Gasteiger partial charge in [-0.2, -0.15) is 0 Å². The SMILES string of the molecule is [2H]C([2H])([2H])c1cc(-n2c3ccccc3c3ccc(Oc4ccc5c(c4)C(n4[c](=[Pt])n(C([2H])([2H])[2H])c6ccccc64)CC5)cc32)ncc1-c1ccc(C(C)(C)C)cc1. The third-order valence-corrected chi connectivity index (χ3v) is 11.3. The summed E-state index contributed by atoms with van der Waals surface area (Å²) in [5, 5.41) is 2.00. The molecule has 0 fully saturated rings. The molecule has 1 atom stereocenters. The summed E-state index contributed by atoms with van der Waals surface area (Å²) in [5.74, 6) is 1.79. The molecular weight excluding hydrogens is 808 g/mol. The molecule has 5 nitrogen and oxygen atoms in total. The van der Waals surface area contributed by atoms with Crippen molar-refractivity contribution in [2.75, 3.05) is 0 Å². The standard InChI is InChI=1S/C45H40N4O.Pt/c1-29-24-44(46-27-38(29)31-14-18-32(19-15-31)45(2,3)4)49-40-11-7-6-10-35(40)36-22-21-34(26-43(36)49)50-33-20-16-30-17-23-39(37(30)25-33)48-28-47(5)41-12-8-9-13-42(41)48;/h6-16,18-22,24-27,39H,17,23H2,1-5H3;/i1D3,5D3;. The zero-order valence-corrected chi connectivity index (χ0v) is 30.8. The fraction of sp³-hybridized carbons (Fsp3) is 0.200. The van der Waals surface area contributed by atoms with Crippen LogP contribution in [0.2, 0.25) is 0 Å². The molecule has 1 aliphatic carbocycles. The van der Waals surface area contributed by atoms with Crippen LogP contribution in [0.3, 0.4) is 0 Å². The summed E-state index contributed by atoms with van der Waals surface area (Å²) in [5.41, 5.74) is 8.36. The number of benzene rings is 5. The molecule has 0 bridgehead atoms. The van der Waals surface area contributed by atoms with Gasteiger partial charge < -0.3 is 0 Å². The van der Waals surface area contributed by atoms with Crippen LogP contribution < -0.4 is 4.74 Å². The van der Waals surface area contributed by atoms with Crippen LogP contribution in [0.5, 0.6) is 11.5 Å². The molecule has 8 aromatic rings. The molecule has 6 heteroatoms. The summed E-state index contributed by atoms with van der Waals surface area (Å²) < 4.78 is 63.4. The number of para-hydroxylation sites is 3. The van der Waals surface area contributed by atoms with Crippen LogP contribution in [0.1, 0.15) is 63.7 Å². The fourth-order valence-corrected chi connectivity index (χ4v) is 8.57. The van der Waals surface area contributed by atoms with Crippen molar-refractivity contribution in [2.24, 2.45) is 6.98 Å². The van der Waals surface area contributed by atoms with Crippen LogP contribution in [0.4, 0.5) is 0 Å². The molecule has 0 saturated heterocycles. The van der Waals surface area contributed by atoms with E-state index in [0.29, 0.717) is 32.2 Å². The summed E-state index contributed by atoms with van der Waals surface area (Å²) >= 11 is 2.15. The molecule has 0 aliphatic heterocycles. The predicted octanol–water partition coefficient (Wildman–Crippen LogP) is 11.2. The van der Waals surface area contributed by atoms with Gasteiger partial charge in [0, 0.05) is 15.9 Å². The number of nitrogens with zero attached hydrogens (tertiary/aromatic N) is 4. The third kappa shape index (κ3) is 5.33. The van der Waals surface area contributed by atoms with Crippen molar-refractivity contribution in [1.82, 2.24) is 18.7 Å². The number of ether oxygens (including phenoxy) is 1. The average molecular weight is 854 g/mol. The molecule has 51 heavy (non-hydrogen) atoms. The number of rotatable bonds is 5. The van der Waals surface area contributed by atoms with Crippen molar-refractivity contribution >= 4 is 32.8 Å². The first-order valence-corrected chi connectivity index (χ1v) is 18.3. The van der Waals surface area contributed by atoms with Gasteiger partial charge in [0.05, 0.1) is 0 Å². The average Bonchev–Trinajstić information content (AvgIpc) is 3.82. The Labute approximate surface area is 317 Å². The smallest absolute Gasteiger partial charge is 0.0374 e. The van der Waals surface area contributed by atoms with Gasteiger partial charge >= 0.3 is 194 Å². The van der Waals surface area contributed by atoms with Crippen molar-refractivity contribution in [3.8, 4) is 28.4 Å². The Morgan fingerprint density at radius 3 is 2.29 bits per heavy atom. The molecule has 3 heterocycles. The van der Waals surface area contributed by atoms with Crippen molar-refractivity contribution in [2.45, 2.75) is 51.9 Å². The van der Waals surface area contributed by atoms with Gasteiger partial charge in [-0.1, -0.05) is 63.2 Å². The second-order valence-corrected chi connectivity index (χ2v) is 15.4. The summed E-state index contributed by atoms with van der Waals surface area (Å²) in [6, 6.07) is 37.6. The van der Waals surface area contributed by atoms with Gasteiger partial charge in [0.1, 0.15) is 0 Å². The molecule has 9 rings (SSSR count). The molecule has 1 aliphatic rings. The maximum atomic E-state index is 8.56. The number of fused-ring (bicyclic) bond motifs is 5. The van der Waals surface area contributed by atoms with Crippen LogP contribution in [0.25, 0.3) is 49.8 Å². The Balaban J connectivity index is 1.12. The Hall–Kier alpha value is -4.99. The zero-order valence-electron chi connectivity index (χ0n) is 34.6. The molecule has 0 spiro atoms. The van der Waals surface area contributed by atoms with E-state index >= 15 is 0 Å². The van der Waals surface area contributed by atoms with Gasteiger partial charge in [-0.15, -0.1) is 0 Å². The summed E-state index contributed by atoms with van der Waals surface area (Å²) in [6.07, 6.45) is 3.39. The molecule has 3 aromatic heterocycles. The quantitative estimate of drug-likeness (QED) is 0.173. The van der Waals surface area contributed by atoms with Gasteiger partial charge in [-0.25, -0.2) is 4.98 Å². The maximum Gasteiger partial charge on any atom is 0.0374 e. The number of imidazole rings is 1. The number of aryl methyl sites for hydroxylation is 3. The molecule has 0 radical (unpaired) electrons. The Morgan fingerprint density at radius 2 is 1.51 bits per heavy atom. The molecule has 0 saturated carbocycles. The Kier molecular flexibility index (Phi) is 6.12. The summed E-state index contributed by atoms with van der Waals surface area (Å²) in [7, 11) is 0. The number of hydrogen-bond acceptors (Lipinski definition) is 2. The first kappa shape index (κ1) is 25.9. The Morgan fingerprint density at radius 1 is 0.784 bits per heavy atom. The largest absolute Gasteiger partial charge is 0.238 e. The van der Waals surface area contributed by atoms with Gasteiger partial charge in [0.2, 0.25) is 0 Å². The Bertz CT molecular complexity index is 2930. The van der Waals surface area contributed by atoms with Crippen molar-refractivity contribution in [1.29, 1.82) is 0 Å². The van der Waals surface area contributed by atoms with E-state index in [1.165, 1.54) is 15.7 Å². The molecule has 256 valence electrons. The van der Waals surface area contributed by atoms with E-state index < -0.39 is 13.8 Å². The van der Waals surface area contributed by atoms with Crippen LogP contribution in [-0.4, -0.2) is 18.7 Å². The molecule has 1 unspecified atom stereocenters. The number of pyridine rings is 1. The minimum atomic E-state index is -2.38. The van der Waals surface area contributed by atoms with Gasteiger partial charge in [-0.3, -0.25) is 0 Å². The third-order valence-electron chi connectivity index (χ3n) is 10.3. The van der Waals surface area contributed by atoms with Crippen LogP contribution in [-0.2, 0) is 38.2 Å². The number of aromatic nitrogens is 4. The first-order valence-electron chi connectivity index (χ1n) is 20.2. The zero-order chi connectivity index (χ0) is 40.0. The minimum Gasteiger partial charge on any atom is -0.238 e. The van der Waals surface area contributed by atoms with Crippen molar-refractivity contribution < 1.29 is 32.3 Å². The van der Waals surface area contributed by atoms with Gasteiger partial charge in [-0.05, 0) is 41.1 Å². The monoisotopic (exact) mass is 853 g/mol. The molecule has 0 amide bonds. The minimum absolute atomic E-state index is 0.0287.